The third kappa shape index (κ3) is 4.56. The van der Waals surface area contributed by atoms with Gasteiger partial charge in [0.1, 0.15) is 0 Å². The van der Waals surface area contributed by atoms with Crippen molar-refractivity contribution in [1.29, 1.82) is 0 Å². The van der Waals surface area contributed by atoms with Gasteiger partial charge in [-0.1, -0.05) is 48.5 Å². The molecule has 0 spiro atoms. The van der Waals surface area contributed by atoms with Crippen LogP contribution in [0.1, 0.15) is 0 Å². The molecule has 0 aliphatic carbocycles. The molecule has 0 amide bonds. The van der Waals surface area contributed by atoms with Gasteiger partial charge in [0.15, 0.2) is 4.80 Å². The average molecular weight is 478 g/mol. The summed E-state index contributed by atoms with van der Waals surface area (Å²) in [6.45, 7) is 1.58. The molecule has 1 aliphatic heterocycles. The molecule has 0 bridgehead atoms. The van der Waals surface area contributed by atoms with Crippen LogP contribution in [0.25, 0.3) is 16.9 Å². The molecule has 0 radical (unpaired) electrons. The molecule has 3 aromatic carbocycles. The van der Waals surface area contributed by atoms with E-state index in [9.17, 15) is 8.42 Å². The highest BCUT2D eigenvalue weighted by atomic mass is 32.2. The van der Waals surface area contributed by atoms with Crippen molar-refractivity contribution in [2.75, 3.05) is 26.3 Å². The van der Waals surface area contributed by atoms with Crippen molar-refractivity contribution in [2.24, 2.45) is 4.99 Å². The Morgan fingerprint density at radius 1 is 0.848 bits per heavy atom. The summed E-state index contributed by atoms with van der Waals surface area (Å²) < 4.78 is 35.3. The van der Waals surface area contributed by atoms with Crippen molar-refractivity contribution in [3.05, 3.63) is 95.1 Å². The second-order valence-corrected chi connectivity index (χ2v) is 10.3. The molecule has 1 fully saturated rings. The molecule has 2 heterocycles. The Balaban J connectivity index is 1.63. The van der Waals surface area contributed by atoms with Crippen molar-refractivity contribution in [2.45, 2.75) is 4.90 Å². The van der Waals surface area contributed by atoms with Crippen LogP contribution in [0.5, 0.6) is 0 Å². The van der Waals surface area contributed by atoms with Crippen LogP contribution < -0.4 is 4.80 Å². The van der Waals surface area contributed by atoms with Crippen LogP contribution in [0.15, 0.2) is 100 Å². The van der Waals surface area contributed by atoms with E-state index >= 15 is 0 Å². The Morgan fingerprint density at radius 3 is 2.27 bits per heavy atom. The van der Waals surface area contributed by atoms with Crippen LogP contribution >= 0.6 is 11.3 Å². The quantitative estimate of drug-likeness (QED) is 0.426. The van der Waals surface area contributed by atoms with Gasteiger partial charge in [0.25, 0.3) is 0 Å². The van der Waals surface area contributed by atoms with Gasteiger partial charge in [0, 0.05) is 29.7 Å². The molecule has 0 saturated carbocycles. The maximum Gasteiger partial charge on any atom is 0.243 e. The van der Waals surface area contributed by atoms with E-state index in [2.05, 4.69) is 4.57 Å². The lowest BCUT2D eigenvalue weighted by Gasteiger charge is -2.26. The number of rotatable bonds is 5. The fourth-order valence-corrected chi connectivity index (χ4v) is 6.16. The van der Waals surface area contributed by atoms with Gasteiger partial charge >= 0.3 is 0 Å². The van der Waals surface area contributed by atoms with Gasteiger partial charge in [0.05, 0.1) is 29.5 Å². The molecule has 1 aliphatic rings. The predicted octanol–water partition coefficient (Wildman–Crippen LogP) is 4.46. The Kier molecular flexibility index (Phi) is 6.24. The minimum atomic E-state index is -3.59. The minimum Gasteiger partial charge on any atom is -0.379 e. The first-order valence-corrected chi connectivity index (χ1v) is 13.0. The number of aromatic nitrogens is 1. The number of thiazole rings is 1. The highest BCUT2D eigenvalue weighted by Gasteiger charge is 2.26. The third-order valence-electron chi connectivity index (χ3n) is 5.44. The van der Waals surface area contributed by atoms with Crippen molar-refractivity contribution >= 4 is 27.0 Å². The van der Waals surface area contributed by atoms with E-state index in [1.54, 1.807) is 18.2 Å². The van der Waals surface area contributed by atoms with Gasteiger partial charge in [-0.05, 0) is 36.4 Å². The first-order valence-electron chi connectivity index (χ1n) is 10.7. The lowest BCUT2D eigenvalue weighted by molar-refractivity contribution is 0.0730. The van der Waals surface area contributed by atoms with Crippen LogP contribution in [0.2, 0.25) is 0 Å². The summed E-state index contributed by atoms with van der Waals surface area (Å²) in [7, 11) is -3.59. The monoisotopic (exact) mass is 477 g/mol. The number of benzene rings is 3. The smallest absolute Gasteiger partial charge is 0.243 e. The lowest BCUT2D eigenvalue weighted by Crippen LogP contribution is -2.40. The number of ether oxygens (including phenoxy) is 1. The molecule has 0 N–H and O–H groups in total. The van der Waals surface area contributed by atoms with Crippen LogP contribution in [0.4, 0.5) is 5.69 Å². The fraction of sp³-hybridized carbons (Fsp3) is 0.160. The summed E-state index contributed by atoms with van der Waals surface area (Å²) in [5.74, 6) is 0. The number of hydrogen-bond donors (Lipinski definition) is 0. The normalized spacial score (nSPS) is 15.6. The van der Waals surface area contributed by atoms with Gasteiger partial charge in [-0.3, -0.25) is 4.57 Å². The van der Waals surface area contributed by atoms with E-state index in [-0.39, 0.29) is 4.90 Å². The zero-order chi connectivity index (χ0) is 22.7. The summed E-state index contributed by atoms with van der Waals surface area (Å²) in [4.78, 5) is 5.94. The Labute approximate surface area is 197 Å². The summed E-state index contributed by atoms with van der Waals surface area (Å²) in [5, 5.41) is 2.02. The topological polar surface area (TPSA) is 63.9 Å². The molecule has 1 saturated heterocycles. The molecule has 4 aromatic rings. The van der Waals surface area contributed by atoms with Crippen molar-refractivity contribution in [3.63, 3.8) is 0 Å². The van der Waals surface area contributed by atoms with E-state index in [0.29, 0.717) is 26.3 Å². The molecule has 6 nitrogen and oxygen atoms in total. The van der Waals surface area contributed by atoms with Gasteiger partial charge in [0.2, 0.25) is 10.0 Å². The fourth-order valence-electron chi connectivity index (χ4n) is 3.78. The maximum atomic E-state index is 13.2. The number of hydrogen-bond acceptors (Lipinski definition) is 5. The molecule has 33 heavy (non-hydrogen) atoms. The standard InChI is InChI=1S/C25H23N3O3S2/c29-33(30,27-14-16-31-17-15-27)23-13-7-8-20(18-23)24-19-32-25(26-21-9-3-1-4-10-21)28(24)22-11-5-2-6-12-22/h1-13,18-19H,14-17H2. The highest BCUT2D eigenvalue weighted by molar-refractivity contribution is 7.89. The molecular formula is C25H23N3O3S2. The summed E-state index contributed by atoms with van der Waals surface area (Å²) in [6.07, 6.45) is 0. The summed E-state index contributed by atoms with van der Waals surface area (Å²) in [6, 6.07) is 26.9. The number of nitrogens with zero attached hydrogens (tertiary/aromatic N) is 3. The van der Waals surface area contributed by atoms with E-state index in [4.69, 9.17) is 9.73 Å². The Hall–Kier alpha value is -3.04. The zero-order valence-corrected chi connectivity index (χ0v) is 19.5. The molecule has 168 valence electrons. The average Bonchev–Trinajstić information content (AvgIpc) is 3.29. The van der Waals surface area contributed by atoms with Crippen LogP contribution in [0, 0.1) is 0 Å². The predicted molar refractivity (Wildman–Crippen MR) is 130 cm³/mol. The first kappa shape index (κ1) is 21.8. The number of sulfonamides is 1. The Morgan fingerprint density at radius 2 is 1.55 bits per heavy atom. The van der Waals surface area contributed by atoms with E-state index in [1.807, 2.05) is 72.1 Å². The van der Waals surface area contributed by atoms with Crippen molar-refractivity contribution < 1.29 is 13.2 Å². The second kappa shape index (κ2) is 9.44. The van der Waals surface area contributed by atoms with Crippen LogP contribution in [0.3, 0.4) is 0 Å². The van der Waals surface area contributed by atoms with Crippen molar-refractivity contribution in [3.8, 4) is 16.9 Å². The number of para-hydroxylation sites is 2. The second-order valence-electron chi connectivity index (χ2n) is 7.57. The summed E-state index contributed by atoms with van der Waals surface area (Å²) >= 11 is 1.52. The van der Waals surface area contributed by atoms with Crippen molar-refractivity contribution in [1.82, 2.24) is 8.87 Å². The Bertz CT molecular complexity index is 1410. The molecule has 0 atom stereocenters. The van der Waals surface area contributed by atoms with Gasteiger partial charge in [-0.2, -0.15) is 4.31 Å². The maximum absolute atomic E-state index is 13.2. The zero-order valence-electron chi connectivity index (χ0n) is 17.9. The van der Waals surface area contributed by atoms with E-state index in [1.165, 1.54) is 15.6 Å². The lowest BCUT2D eigenvalue weighted by atomic mass is 10.1. The van der Waals surface area contributed by atoms with Gasteiger partial charge in [-0.25, -0.2) is 13.4 Å². The minimum absolute atomic E-state index is 0.286. The van der Waals surface area contributed by atoms with E-state index in [0.717, 1.165) is 27.4 Å². The first-order chi connectivity index (χ1) is 16.1. The largest absolute Gasteiger partial charge is 0.379 e. The highest BCUT2D eigenvalue weighted by Crippen LogP contribution is 2.27. The number of morpholine rings is 1. The van der Waals surface area contributed by atoms with Gasteiger partial charge < -0.3 is 4.74 Å². The molecule has 1 aromatic heterocycles. The van der Waals surface area contributed by atoms with Crippen LogP contribution in [-0.2, 0) is 14.8 Å². The molecule has 5 rings (SSSR count). The summed E-state index contributed by atoms with van der Waals surface area (Å²) in [5.41, 5.74) is 3.53. The van der Waals surface area contributed by atoms with E-state index < -0.39 is 10.0 Å². The van der Waals surface area contributed by atoms with Crippen LogP contribution in [-0.4, -0.2) is 43.6 Å². The third-order valence-corrected chi connectivity index (χ3v) is 8.16. The molecule has 0 unspecified atom stereocenters. The SMILES string of the molecule is O=S(=O)(c1cccc(-c2csc(=Nc3ccccc3)n2-c2ccccc2)c1)N1CCOCC1. The van der Waals surface area contributed by atoms with Gasteiger partial charge in [-0.15, -0.1) is 11.3 Å². The molecule has 8 heteroatoms. The molecular weight excluding hydrogens is 454 g/mol.